The van der Waals surface area contributed by atoms with Crippen molar-refractivity contribution in [3.63, 3.8) is 0 Å². The second-order valence-corrected chi connectivity index (χ2v) is 6.34. The van der Waals surface area contributed by atoms with Crippen molar-refractivity contribution in [1.82, 2.24) is 14.7 Å². The third-order valence-corrected chi connectivity index (χ3v) is 4.50. The molecule has 1 unspecified atom stereocenters. The van der Waals surface area contributed by atoms with Crippen molar-refractivity contribution in [2.75, 3.05) is 6.54 Å². The van der Waals surface area contributed by atoms with E-state index in [-0.39, 0.29) is 11.8 Å². The first-order chi connectivity index (χ1) is 12.3. The van der Waals surface area contributed by atoms with Crippen molar-refractivity contribution in [1.29, 1.82) is 0 Å². The van der Waals surface area contributed by atoms with E-state index in [1.54, 1.807) is 0 Å². The first-order valence-corrected chi connectivity index (χ1v) is 9.03. The van der Waals surface area contributed by atoms with E-state index in [1.807, 2.05) is 48.8 Å². The summed E-state index contributed by atoms with van der Waals surface area (Å²) >= 11 is 0. The number of rotatable bonds is 8. The molecular weight excluding hydrogens is 310 g/mol. The highest BCUT2D eigenvalue weighted by molar-refractivity contribution is 5.77. The molecule has 2 heterocycles. The quantitative estimate of drug-likeness (QED) is 0.628. The van der Waals surface area contributed by atoms with Crippen LogP contribution in [-0.2, 0) is 4.79 Å². The molecule has 1 N–H and O–H groups in total. The lowest BCUT2D eigenvalue weighted by molar-refractivity contribution is -0.121. The van der Waals surface area contributed by atoms with Crippen LogP contribution in [0.3, 0.4) is 0 Å². The van der Waals surface area contributed by atoms with Crippen molar-refractivity contribution in [3.05, 3.63) is 72.2 Å². The molecule has 4 nitrogen and oxygen atoms in total. The average molecular weight is 335 g/mol. The molecule has 3 rings (SSSR count). The molecule has 3 aromatic rings. The monoisotopic (exact) mass is 335 g/mol. The molecule has 0 saturated heterocycles. The molecule has 0 fully saturated rings. The van der Waals surface area contributed by atoms with Crippen molar-refractivity contribution in [2.24, 2.45) is 0 Å². The molecule has 1 aromatic carbocycles. The summed E-state index contributed by atoms with van der Waals surface area (Å²) in [4.78, 5) is 17.0. The number of nitrogens with zero attached hydrogens (tertiary/aromatic N) is 2. The van der Waals surface area contributed by atoms with Gasteiger partial charge in [-0.1, -0.05) is 56.2 Å². The zero-order valence-corrected chi connectivity index (χ0v) is 14.7. The van der Waals surface area contributed by atoms with Gasteiger partial charge in [0.1, 0.15) is 5.65 Å². The van der Waals surface area contributed by atoms with Gasteiger partial charge in [0.15, 0.2) is 0 Å². The average Bonchev–Trinajstić information content (AvgIpc) is 3.08. The van der Waals surface area contributed by atoms with Crippen LogP contribution >= 0.6 is 0 Å². The summed E-state index contributed by atoms with van der Waals surface area (Å²) < 4.78 is 2.07. The number of carbonyl (C=O) groups is 1. The fourth-order valence-corrected chi connectivity index (χ4v) is 3.15. The van der Waals surface area contributed by atoms with E-state index in [1.165, 1.54) is 0 Å². The van der Waals surface area contributed by atoms with E-state index >= 15 is 0 Å². The van der Waals surface area contributed by atoms with Crippen molar-refractivity contribution in [2.45, 2.75) is 38.5 Å². The maximum absolute atomic E-state index is 12.5. The lowest BCUT2D eigenvalue weighted by Crippen LogP contribution is -2.26. The number of fused-ring (bicyclic) bond motifs is 1. The fraction of sp³-hybridized carbons (Fsp3) is 0.333. The van der Waals surface area contributed by atoms with E-state index < -0.39 is 0 Å². The van der Waals surface area contributed by atoms with E-state index in [0.717, 1.165) is 42.7 Å². The molecule has 0 bridgehead atoms. The summed E-state index contributed by atoms with van der Waals surface area (Å²) in [5.41, 5.74) is 3.09. The first kappa shape index (κ1) is 17.2. The van der Waals surface area contributed by atoms with Crippen LogP contribution in [0.15, 0.2) is 60.9 Å². The summed E-state index contributed by atoms with van der Waals surface area (Å²) in [6.07, 6.45) is 7.66. The number of pyridine rings is 1. The smallest absolute Gasteiger partial charge is 0.221 e. The number of hydrogen-bond donors (Lipinski definition) is 1. The normalized spacial score (nSPS) is 12.2. The Balaban J connectivity index is 1.83. The molecule has 1 amide bonds. The summed E-state index contributed by atoms with van der Waals surface area (Å²) in [6, 6.07) is 16.1. The maximum atomic E-state index is 12.5. The summed E-state index contributed by atoms with van der Waals surface area (Å²) in [5, 5.41) is 3.06. The zero-order chi connectivity index (χ0) is 17.5. The number of imidazole rings is 1. The predicted molar refractivity (Wildman–Crippen MR) is 101 cm³/mol. The van der Waals surface area contributed by atoms with E-state index in [2.05, 4.69) is 33.8 Å². The number of unbranched alkanes of at least 4 members (excludes halogenated alkanes) is 2. The topological polar surface area (TPSA) is 46.4 Å². The van der Waals surface area contributed by atoms with Gasteiger partial charge < -0.3 is 9.72 Å². The lowest BCUT2D eigenvalue weighted by Gasteiger charge is -2.17. The van der Waals surface area contributed by atoms with Crippen LogP contribution in [0, 0.1) is 0 Å². The molecule has 0 aliphatic heterocycles. The molecule has 25 heavy (non-hydrogen) atoms. The Morgan fingerprint density at radius 2 is 1.92 bits per heavy atom. The molecule has 4 heteroatoms. The number of benzene rings is 1. The van der Waals surface area contributed by atoms with Gasteiger partial charge in [0.05, 0.1) is 5.69 Å². The Kier molecular flexibility index (Phi) is 5.83. The van der Waals surface area contributed by atoms with Gasteiger partial charge in [-0.3, -0.25) is 4.79 Å². The van der Waals surface area contributed by atoms with Crippen molar-refractivity contribution in [3.8, 4) is 0 Å². The Bertz CT molecular complexity index is 810. The van der Waals surface area contributed by atoms with Crippen LogP contribution in [-0.4, -0.2) is 21.8 Å². The molecule has 0 spiro atoms. The van der Waals surface area contributed by atoms with Crippen molar-refractivity contribution < 1.29 is 4.79 Å². The number of hydrogen-bond acceptors (Lipinski definition) is 2. The molecule has 130 valence electrons. The SMILES string of the molecule is CCCCCNC(=O)CC(c1ccccc1)c1cnc2ccccn12. The van der Waals surface area contributed by atoms with Crippen LogP contribution in [0.1, 0.15) is 49.8 Å². The minimum atomic E-state index is -0.00947. The van der Waals surface area contributed by atoms with Gasteiger partial charge in [-0.25, -0.2) is 4.98 Å². The van der Waals surface area contributed by atoms with Crippen molar-refractivity contribution >= 4 is 11.6 Å². The third kappa shape index (κ3) is 4.27. The second kappa shape index (κ2) is 8.47. The van der Waals surface area contributed by atoms with Crippen LogP contribution < -0.4 is 5.32 Å². The van der Waals surface area contributed by atoms with Gasteiger partial charge in [0.25, 0.3) is 0 Å². The number of aromatic nitrogens is 2. The minimum Gasteiger partial charge on any atom is -0.356 e. The predicted octanol–water partition coefficient (Wildman–Crippen LogP) is 4.16. The molecule has 0 saturated carbocycles. The highest BCUT2D eigenvalue weighted by Crippen LogP contribution is 2.28. The maximum Gasteiger partial charge on any atom is 0.221 e. The Morgan fingerprint density at radius 1 is 1.12 bits per heavy atom. The third-order valence-electron chi connectivity index (χ3n) is 4.50. The highest BCUT2D eigenvalue weighted by Gasteiger charge is 2.21. The Morgan fingerprint density at radius 3 is 2.72 bits per heavy atom. The van der Waals surface area contributed by atoms with Gasteiger partial charge in [0, 0.05) is 31.3 Å². The van der Waals surface area contributed by atoms with E-state index in [9.17, 15) is 4.79 Å². The Hall–Kier alpha value is -2.62. The van der Waals surface area contributed by atoms with Gasteiger partial charge in [-0.05, 0) is 24.1 Å². The summed E-state index contributed by atoms with van der Waals surface area (Å²) in [6.45, 7) is 2.92. The Labute approximate surface area is 148 Å². The highest BCUT2D eigenvalue weighted by atomic mass is 16.1. The number of nitrogens with one attached hydrogen (secondary N) is 1. The van der Waals surface area contributed by atoms with E-state index in [4.69, 9.17) is 0 Å². The van der Waals surface area contributed by atoms with Gasteiger partial charge in [-0.15, -0.1) is 0 Å². The summed E-state index contributed by atoms with van der Waals surface area (Å²) in [7, 11) is 0. The van der Waals surface area contributed by atoms with E-state index in [0.29, 0.717) is 6.42 Å². The first-order valence-electron chi connectivity index (χ1n) is 9.03. The van der Waals surface area contributed by atoms with Crippen LogP contribution in [0.2, 0.25) is 0 Å². The standard InChI is InChI=1S/C21H25N3O/c1-2-3-8-13-22-21(25)15-18(17-10-5-4-6-11-17)19-16-23-20-12-7-9-14-24(19)20/h4-7,9-12,14,16,18H,2-3,8,13,15H2,1H3,(H,22,25). The fourth-order valence-electron chi connectivity index (χ4n) is 3.15. The van der Waals surface area contributed by atoms with Gasteiger partial charge >= 0.3 is 0 Å². The molecule has 0 aliphatic rings. The minimum absolute atomic E-state index is 0.00947. The zero-order valence-electron chi connectivity index (χ0n) is 14.7. The molecule has 0 aliphatic carbocycles. The van der Waals surface area contributed by atoms with Crippen LogP contribution in [0.4, 0.5) is 0 Å². The molecular formula is C21H25N3O. The lowest BCUT2D eigenvalue weighted by atomic mass is 9.92. The van der Waals surface area contributed by atoms with Crippen LogP contribution in [0.25, 0.3) is 5.65 Å². The second-order valence-electron chi connectivity index (χ2n) is 6.34. The molecule has 2 aromatic heterocycles. The molecule has 1 atom stereocenters. The number of carbonyl (C=O) groups excluding carboxylic acids is 1. The van der Waals surface area contributed by atoms with Gasteiger partial charge in [-0.2, -0.15) is 0 Å². The number of amides is 1. The molecule has 0 radical (unpaired) electrons. The van der Waals surface area contributed by atoms with Crippen LogP contribution in [0.5, 0.6) is 0 Å². The van der Waals surface area contributed by atoms with Gasteiger partial charge in [0.2, 0.25) is 5.91 Å². The summed E-state index contributed by atoms with van der Waals surface area (Å²) in [5.74, 6) is 0.0839. The largest absolute Gasteiger partial charge is 0.356 e.